The summed E-state index contributed by atoms with van der Waals surface area (Å²) in [5.74, 6) is -0.357. The maximum Gasteiger partial charge on any atom is 0.273 e. The summed E-state index contributed by atoms with van der Waals surface area (Å²) in [5, 5.41) is -0.207. The molecule has 0 bridgehead atoms. The molecule has 0 amide bonds. The zero-order valence-electron chi connectivity index (χ0n) is 9.86. The summed E-state index contributed by atoms with van der Waals surface area (Å²) in [4.78, 5) is 15.6. The summed E-state index contributed by atoms with van der Waals surface area (Å²) in [6, 6.07) is 4.42. The lowest BCUT2D eigenvalue weighted by Crippen LogP contribution is -2.21. The molecule has 1 aromatic carbocycles. The Kier molecular flexibility index (Phi) is 4.07. The SMILES string of the molecule is COc1ccc(Cn2cnc(Cl)c(Cl)c2=O)cc1F. The summed E-state index contributed by atoms with van der Waals surface area (Å²) < 4.78 is 19.6. The van der Waals surface area contributed by atoms with Gasteiger partial charge in [0.1, 0.15) is 5.02 Å². The van der Waals surface area contributed by atoms with E-state index in [9.17, 15) is 9.18 Å². The number of nitrogens with zero attached hydrogens (tertiary/aromatic N) is 2. The van der Waals surface area contributed by atoms with E-state index >= 15 is 0 Å². The Labute approximate surface area is 118 Å². The molecule has 4 nitrogen and oxygen atoms in total. The first-order valence-electron chi connectivity index (χ1n) is 5.25. The maximum absolute atomic E-state index is 13.5. The third kappa shape index (κ3) is 2.88. The molecule has 0 spiro atoms. The summed E-state index contributed by atoms with van der Waals surface area (Å²) in [5.41, 5.74) is 0.110. The van der Waals surface area contributed by atoms with Crippen LogP contribution in [0.15, 0.2) is 29.3 Å². The molecule has 0 radical (unpaired) electrons. The minimum Gasteiger partial charge on any atom is -0.494 e. The van der Waals surface area contributed by atoms with E-state index in [1.165, 1.54) is 30.1 Å². The smallest absolute Gasteiger partial charge is 0.273 e. The highest BCUT2D eigenvalue weighted by Gasteiger charge is 2.09. The van der Waals surface area contributed by atoms with Crippen molar-refractivity contribution in [2.45, 2.75) is 6.54 Å². The average Bonchev–Trinajstić information content (AvgIpc) is 2.40. The molecule has 0 fully saturated rings. The van der Waals surface area contributed by atoms with Crippen molar-refractivity contribution < 1.29 is 9.13 Å². The first-order valence-corrected chi connectivity index (χ1v) is 6.01. The Morgan fingerprint density at radius 3 is 2.79 bits per heavy atom. The van der Waals surface area contributed by atoms with Gasteiger partial charge in [-0.05, 0) is 17.7 Å². The summed E-state index contributed by atoms with van der Waals surface area (Å²) in [6.07, 6.45) is 1.26. The fourth-order valence-corrected chi connectivity index (χ4v) is 1.84. The molecule has 1 heterocycles. The van der Waals surface area contributed by atoms with Gasteiger partial charge in [0.15, 0.2) is 16.7 Å². The molecule has 1 aromatic heterocycles. The molecular weight excluding hydrogens is 294 g/mol. The number of rotatable bonds is 3. The number of methoxy groups -OCH3 is 1. The highest BCUT2D eigenvalue weighted by atomic mass is 35.5. The minimum atomic E-state index is -0.499. The van der Waals surface area contributed by atoms with Crippen molar-refractivity contribution in [1.29, 1.82) is 0 Å². The van der Waals surface area contributed by atoms with Gasteiger partial charge in [-0.25, -0.2) is 9.37 Å². The monoisotopic (exact) mass is 302 g/mol. The lowest BCUT2D eigenvalue weighted by Gasteiger charge is -2.08. The molecule has 0 atom stereocenters. The molecule has 0 unspecified atom stereocenters. The van der Waals surface area contributed by atoms with Crippen LogP contribution in [0.25, 0.3) is 0 Å². The molecule has 0 aliphatic carbocycles. The van der Waals surface area contributed by atoms with Crippen molar-refractivity contribution in [2.24, 2.45) is 0 Å². The Balaban J connectivity index is 2.34. The highest BCUT2D eigenvalue weighted by Crippen LogP contribution is 2.18. The Morgan fingerprint density at radius 2 is 2.16 bits per heavy atom. The number of hydrogen-bond acceptors (Lipinski definition) is 3. The van der Waals surface area contributed by atoms with Crippen molar-refractivity contribution in [3.05, 3.63) is 56.4 Å². The van der Waals surface area contributed by atoms with Gasteiger partial charge in [0.05, 0.1) is 20.0 Å². The van der Waals surface area contributed by atoms with E-state index in [-0.39, 0.29) is 22.5 Å². The van der Waals surface area contributed by atoms with Gasteiger partial charge >= 0.3 is 0 Å². The molecule has 0 aliphatic rings. The number of aromatic nitrogens is 2. The van der Waals surface area contributed by atoms with E-state index in [4.69, 9.17) is 27.9 Å². The van der Waals surface area contributed by atoms with E-state index in [0.717, 1.165) is 0 Å². The van der Waals surface area contributed by atoms with Crippen molar-refractivity contribution in [1.82, 2.24) is 9.55 Å². The van der Waals surface area contributed by atoms with E-state index in [1.807, 2.05) is 0 Å². The van der Waals surface area contributed by atoms with Gasteiger partial charge in [0, 0.05) is 0 Å². The predicted molar refractivity (Wildman–Crippen MR) is 70.6 cm³/mol. The standard InChI is InChI=1S/C12H9Cl2FN2O2/c1-19-9-3-2-7(4-8(9)15)5-17-6-16-11(14)10(13)12(17)18/h2-4,6H,5H2,1H3. The van der Waals surface area contributed by atoms with Crippen molar-refractivity contribution in [3.63, 3.8) is 0 Å². The Bertz CT molecular complexity index is 673. The van der Waals surface area contributed by atoms with Gasteiger partial charge in [-0.15, -0.1) is 0 Å². The topological polar surface area (TPSA) is 44.1 Å². The molecule has 0 N–H and O–H groups in total. The molecule has 2 rings (SSSR count). The van der Waals surface area contributed by atoms with Crippen molar-refractivity contribution in [3.8, 4) is 5.75 Å². The quantitative estimate of drug-likeness (QED) is 0.819. The number of ether oxygens (including phenoxy) is 1. The molecule has 0 saturated heterocycles. The molecule has 2 aromatic rings. The van der Waals surface area contributed by atoms with Crippen LogP contribution < -0.4 is 10.3 Å². The zero-order valence-corrected chi connectivity index (χ0v) is 11.4. The van der Waals surface area contributed by atoms with Gasteiger partial charge in [-0.3, -0.25) is 9.36 Å². The van der Waals surface area contributed by atoms with Crippen molar-refractivity contribution in [2.75, 3.05) is 7.11 Å². The third-order valence-corrected chi connectivity index (χ3v) is 3.23. The van der Waals surface area contributed by atoms with Crippen LogP contribution in [-0.4, -0.2) is 16.7 Å². The second-order valence-electron chi connectivity index (χ2n) is 3.75. The normalized spacial score (nSPS) is 10.5. The summed E-state index contributed by atoms with van der Waals surface area (Å²) in [6.45, 7) is 0.142. The lowest BCUT2D eigenvalue weighted by atomic mass is 10.2. The molecule has 0 saturated carbocycles. The van der Waals surface area contributed by atoms with Crippen LogP contribution >= 0.6 is 23.2 Å². The maximum atomic E-state index is 13.5. The average molecular weight is 303 g/mol. The molecule has 7 heteroatoms. The first kappa shape index (κ1) is 13.8. The Hall–Kier alpha value is -1.59. The molecular formula is C12H9Cl2FN2O2. The van der Waals surface area contributed by atoms with Crippen LogP contribution in [-0.2, 0) is 6.54 Å². The van der Waals surface area contributed by atoms with Crippen LogP contribution in [0.1, 0.15) is 5.56 Å². The Morgan fingerprint density at radius 1 is 1.42 bits per heavy atom. The number of halogens is 3. The molecule has 19 heavy (non-hydrogen) atoms. The number of benzene rings is 1. The van der Waals surface area contributed by atoms with E-state index in [0.29, 0.717) is 5.56 Å². The first-order chi connectivity index (χ1) is 9.02. The second-order valence-corrected chi connectivity index (χ2v) is 4.49. The van der Waals surface area contributed by atoms with Gasteiger partial charge < -0.3 is 4.74 Å². The molecule has 0 aliphatic heterocycles. The van der Waals surface area contributed by atoms with Gasteiger partial charge in [-0.2, -0.15) is 0 Å². The number of hydrogen-bond donors (Lipinski definition) is 0. The van der Waals surface area contributed by atoms with Crippen molar-refractivity contribution >= 4 is 23.2 Å². The van der Waals surface area contributed by atoms with Crippen LogP contribution in [0.3, 0.4) is 0 Å². The van der Waals surface area contributed by atoms with Crippen LogP contribution in [0.5, 0.6) is 5.75 Å². The van der Waals surface area contributed by atoms with Crippen LogP contribution in [0, 0.1) is 5.82 Å². The fraction of sp³-hybridized carbons (Fsp3) is 0.167. The minimum absolute atomic E-state index is 0.0520. The van der Waals surface area contributed by atoms with Gasteiger partial charge in [0.25, 0.3) is 5.56 Å². The van der Waals surface area contributed by atoms with Gasteiger partial charge in [0.2, 0.25) is 0 Å². The summed E-state index contributed by atoms with van der Waals surface area (Å²) in [7, 11) is 1.38. The van der Waals surface area contributed by atoms with Crippen LogP contribution in [0.2, 0.25) is 10.2 Å². The lowest BCUT2D eigenvalue weighted by molar-refractivity contribution is 0.386. The van der Waals surface area contributed by atoms with E-state index < -0.39 is 11.4 Å². The predicted octanol–water partition coefficient (Wildman–Crippen LogP) is 2.75. The largest absolute Gasteiger partial charge is 0.494 e. The van der Waals surface area contributed by atoms with Gasteiger partial charge in [-0.1, -0.05) is 29.3 Å². The highest BCUT2D eigenvalue weighted by molar-refractivity contribution is 6.40. The zero-order chi connectivity index (χ0) is 14.0. The fourth-order valence-electron chi connectivity index (χ4n) is 1.56. The second kappa shape index (κ2) is 5.59. The molecule has 100 valence electrons. The van der Waals surface area contributed by atoms with Crippen LogP contribution in [0.4, 0.5) is 4.39 Å². The van der Waals surface area contributed by atoms with E-state index in [1.54, 1.807) is 6.07 Å². The summed E-state index contributed by atoms with van der Waals surface area (Å²) >= 11 is 11.3. The van der Waals surface area contributed by atoms with E-state index in [2.05, 4.69) is 4.98 Å². The third-order valence-electron chi connectivity index (χ3n) is 2.51.